The van der Waals surface area contributed by atoms with Gasteiger partial charge in [-0.25, -0.2) is 0 Å². The van der Waals surface area contributed by atoms with Crippen molar-refractivity contribution >= 4 is 5.91 Å². The first-order valence-corrected chi connectivity index (χ1v) is 7.77. The van der Waals surface area contributed by atoms with E-state index in [1.165, 1.54) is 32.1 Å². The van der Waals surface area contributed by atoms with Gasteiger partial charge in [0, 0.05) is 12.6 Å². The molecule has 4 nitrogen and oxygen atoms in total. The number of hydrogen-bond donors (Lipinski definition) is 1. The molecule has 0 saturated heterocycles. The van der Waals surface area contributed by atoms with Crippen molar-refractivity contribution in [2.24, 2.45) is 5.92 Å². The molecule has 1 atom stereocenters. The molecular formula is C17H25NO3. The van der Waals surface area contributed by atoms with Crippen LogP contribution in [0.15, 0.2) is 24.3 Å². The lowest BCUT2D eigenvalue weighted by atomic mass is 9.89. The van der Waals surface area contributed by atoms with Crippen molar-refractivity contribution in [2.75, 3.05) is 13.7 Å². The zero-order valence-electron chi connectivity index (χ0n) is 12.9. The molecule has 0 aromatic heterocycles. The van der Waals surface area contributed by atoms with Gasteiger partial charge in [-0.2, -0.15) is 0 Å². The second kappa shape index (κ2) is 7.91. The number of benzene rings is 1. The van der Waals surface area contributed by atoms with Gasteiger partial charge in [0.25, 0.3) is 5.91 Å². The van der Waals surface area contributed by atoms with E-state index in [1.807, 2.05) is 18.2 Å². The molecule has 116 valence electrons. The number of methoxy groups -OCH3 is 1. The normalized spacial score (nSPS) is 17.0. The van der Waals surface area contributed by atoms with Gasteiger partial charge >= 0.3 is 0 Å². The number of amides is 1. The molecular weight excluding hydrogens is 266 g/mol. The fourth-order valence-corrected chi connectivity index (χ4v) is 2.71. The Kier molecular flexibility index (Phi) is 5.90. The Hall–Kier alpha value is -1.71. The SMILES string of the molecule is COc1cccc(O[C@@H](C)C(=O)NCC2CCCCC2)c1. The van der Waals surface area contributed by atoms with E-state index in [2.05, 4.69) is 5.32 Å². The summed E-state index contributed by atoms with van der Waals surface area (Å²) in [7, 11) is 1.61. The highest BCUT2D eigenvalue weighted by Crippen LogP contribution is 2.23. The number of ether oxygens (including phenoxy) is 2. The van der Waals surface area contributed by atoms with Crippen molar-refractivity contribution in [2.45, 2.75) is 45.1 Å². The Morgan fingerprint density at radius 1 is 1.29 bits per heavy atom. The number of carbonyl (C=O) groups excluding carboxylic acids is 1. The lowest BCUT2D eigenvalue weighted by Gasteiger charge is -2.23. The Labute approximate surface area is 126 Å². The Morgan fingerprint density at radius 2 is 2.00 bits per heavy atom. The summed E-state index contributed by atoms with van der Waals surface area (Å²) >= 11 is 0. The van der Waals surface area contributed by atoms with E-state index in [9.17, 15) is 4.79 Å². The minimum absolute atomic E-state index is 0.0524. The van der Waals surface area contributed by atoms with Gasteiger partial charge in [0.15, 0.2) is 6.10 Å². The molecule has 1 aromatic rings. The monoisotopic (exact) mass is 291 g/mol. The summed E-state index contributed by atoms with van der Waals surface area (Å²) in [4.78, 5) is 12.1. The van der Waals surface area contributed by atoms with Crippen LogP contribution in [0.1, 0.15) is 39.0 Å². The highest BCUT2D eigenvalue weighted by atomic mass is 16.5. The fourth-order valence-electron chi connectivity index (χ4n) is 2.71. The van der Waals surface area contributed by atoms with Crippen LogP contribution in [0.25, 0.3) is 0 Å². The van der Waals surface area contributed by atoms with Gasteiger partial charge in [0.05, 0.1) is 7.11 Å². The number of nitrogens with one attached hydrogen (secondary N) is 1. The summed E-state index contributed by atoms with van der Waals surface area (Å²) in [6.07, 6.45) is 5.87. The summed E-state index contributed by atoms with van der Waals surface area (Å²) in [6, 6.07) is 7.31. The van der Waals surface area contributed by atoms with Crippen LogP contribution in [-0.2, 0) is 4.79 Å². The van der Waals surface area contributed by atoms with Crippen LogP contribution in [-0.4, -0.2) is 25.7 Å². The third-order valence-corrected chi connectivity index (χ3v) is 4.01. The maximum absolute atomic E-state index is 12.1. The van der Waals surface area contributed by atoms with Gasteiger partial charge in [-0.3, -0.25) is 4.79 Å². The van der Waals surface area contributed by atoms with Crippen molar-refractivity contribution in [3.8, 4) is 11.5 Å². The molecule has 1 fully saturated rings. The lowest BCUT2D eigenvalue weighted by molar-refractivity contribution is -0.127. The van der Waals surface area contributed by atoms with Gasteiger partial charge in [0.2, 0.25) is 0 Å². The second-order valence-electron chi connectivity index (χ2n) is 5.69. The molecule has 0 unspecified atom stereocenters. The minimum atomic E-state index is -0.499. The Morgan fingerprint density at radius 3 is 2.71 bits per heavy atom. The van der Waals surface area contributed by atoms with Crippen LogP contribution in [0.5, 0.6) is 11.5 Å². The smallest absolute Gasteiger partial charge is 0.260 e. The highest BCUT2D eigenvalue weighted by molar-refractivity contribution is 5.80. The number of rotatable bonds is 6. The summed E-state index contributed by atoms with van der Waals surface area (Å²) in [5.74, 6) is 1.95. The molecule has 1 aromatic carbocycles. The van der Waals surface area contributed by atoms with E-state index in [4.69, 9.17) is 9.47 Å². The highest BCUT2D eigenvalue weighted by Gasteiger charge is 2.18. The average Bonchev–Trinajstić information content (AvgIpc) is 2.53. The molecule has 4 heteroatoms. The minimum Gasteiger partial charge on any atom is -0.497 e. The van der Waals surface area contributed by atoms with E-state index >= 15 is 0 Å². The van der Waals surface area contributed by atoms with Crippen LogP contribution in [0.2, 0.25) is 0 Å². The van der Waals surface area contributed by atoms with Gasteiger partial charge in [-0.15, -0.1) is 0 Å². The maximum Gasteiger partial charge on any atom is 0.260 e. The molecule has 0 bridgehead atoms. The van der Waals surface area contributed by atoms with Crippen LogP contribution in [0.4, 0.5) is 0 Å². The van der Waals surface area contributed by atoms with E-state index in [0.717, 1.165) is 12.3 Å². The second-order valence-corrected chi connectivity index (χ2v) is 5.69. The fraction of sp³-hybridized carbons (Fsp3) is 0.588. The first kappa shape index (κ1) is 15.7. The van der Waals surface area contributed by atoms with Crippen LogP contribution in [0.3, 0.4) is 0 Å². The molecule has 1 aliphatic rings. The molecule has 1 amide bonds. The summed E-state index contributed by atoms with van der Waals surface area (Å²) in [6.45, 7) is 2.54. The standard InChI is InChI=1S/C17H25NO3/c1-13(21-16-10-6-9-15(11-16)20-2)17(19)18-12-14-7-4-3-5-8-14/h6,9-11,13-14H,3-5,7-8,12H2,1-2H3,(H,18,19)/t13-/m0/s1. The van der Waals surface area contributed by atoms with Gasteiger partial charge in [-0.1, -0.05) is 25.3 Å². The van der Waals surface area contributed by atoms with Crippen LogP contribution < -0.4 is 14.8 Å². The van der Waals surface area contributed by atoms with Crippen LogP contribution in [0, 0.1) is 5.92 Å². The molecule has 1 N–H and O–H groups in total. The molecule has 0 heterocycles. The van der Waals surface area contributed by atoms with Crippen molar-refractivity contribution in [1.29, 1.82) is 0 Å². The predicted molar refractivity (Wildman–Crippen MR) is 82.7 cm³/mol. The lowest BCUT2D eigenvalue weighted by Crippen LogP contribution is -2.39. The Bertz CT molecular complexity index is 455. The van der Waals surface area contributed by atoms with Crippen molar-refractivity contribution in [3.05, 3.63) is 24.3 Å². The molecule has 1 saturated carbocycles. The van der Waals surface area contributed by atoms with E-state index < -0.39 is 6.10 Å². The first-order valence-electron chi connectivity index (χ1n) is 7.77. The molecule has 1 aliphatic carbocycles. The maximum atomic E-state index is 12.1. The molecule has 0 aliphatic heterocycles. The third kappa shape index (κ3) is 4.96. The van der Waals surface area contributed by atoms with Gasteiger partial charge in [0.1, 0.15) is 11.5 Å². The third-order valence-electron chi connectivity index (χ3n) is 4.01. The van der Waals surface area contributed by atoms with Crippen molar-refractivity contribution in [1.82, 2.24) is 5.32 Å². The zero-order valence-corrected chi connectivity index (χ0v) is 12.9. The quantitative estimate of drug-likeness (QED) is 0.876. The largest absolute Gasteiger partial charge is 0.497 e. The first-order chi connectivity index (χ1) is 10.2. The van der Waals surface area contributed by atoms with Crippen LogP contribution >= 0.6 is 0 Å². The van der Waals surface area contributed by atoms with E-state index in [1.54, 1.807) is 20.1 Å². The van der Waals surface area contributed by atoms with Gasteiger partial charge in [-0.05, 0) is 37.8 Å². The Balaban J connectivity index is 1.78. The van der Waals surface area contributed by atoms with Gasteiger partial charge < -0.3 is 14.8 Å². The number of carbonyl (C=O) groups is 1. The topological polar surface area (TPSA) is 47.6 Å². The average molecular weight is 291 g/mol. The summed E-state index contributed by atoms with van der Waals surface area (Å²) < 4.78 is 10.8. The zero-order chi connectivity index (χ0) is 15.1. The molecule has 21 heavy (non-hydrogen) atoms. The molecule has 2 rings (SSSR count). The van der Waals surface area contributed by atoms with Crippen molar-refractivity contribution in [3.63, 3.8) is 0 Å². The summed E-state index contributed by atoms with van der Waals surface area (Å²) in [5.41, 5.74) is 0. The predicted octanol–water partition coefficient (Wildman–Crippen LogP) is 3.16. The summed E-state index contributed by atoms with van der Waals surface area (Å²) in [5, 5.41) is 3.01. The number of hydrogen-bond acceptors (Lipinski definition) is 3. The van der Waals surface area contributed by atoms with E-state index in [-0.39, 0.29) is 5.91 Å². The van der Waals surface area contributed by atoms with Crippen molar-refractivity contribution < 1.29 is 14.3 Å². The molecule has 0 spiro atoms. The molecule has 0 radical (unpaired) electrons. The van der Waals surface area contributed by atoms with E-state index in [0.29, 0.717) is 11.7 Å².